The minimum atomic E-state index is -0.562. The Labute approximate surface area is 104 Å². The molecular weight excluding hydrogens is 244 g/mol. The van der Waals surface area contributed by atoms with Gasteiger partial charge in [-0.05, 0) is 30.9 Å². The van der Waals surface area contributed by atoms with Crippen LogP contribution in [0.4, 0.5) is 8.78 Å². The first-order valence-electron chi connectivity index (χ1n) is 5.59. The molecule has 1 atom stereocenters. The third-order valence-electron chi connectivity index (χ3n) is 2.33. The van der Waals surface area contributed by atoms with E-state index >= 15 is 0 Å². The fourth-order valence-corrected chi connectivity index (χ4v) is 2.43. The van der Waals surface area contributed by atoms with Crippen molar-refractivity contribution in [3.63, 3.8) is 0 Å². The largest absolute Gasteiger partial charge is 0.395 e. The lowest BCUT2D eigenvalue weighted by atomic mass is 10.2. The first-order chi connectivity index (χ1) is 8.17. The SMILES string of the molecule is CCNC(CO)CCSc1ccc(F)cc1F. The molecule has 5 heteroatoms. The summed E-state index contributed by atoms with van der Waals surface area (Å²) in [5.41, 5.74) is 0. The van der Waals surface area contributed by atoms with Gasteiger partial charge in [0.15, 0.2) is 0 Å². The van der Waals surface area contributed by atoms with Crippen molar-refractivity contribution in [2.24, 2.45) is 0 Å². The summed E-state index contributed by atoms with van der Waals surface area (Å²) in [6.07, 6.45) is 0.742. The number of nitrogens with one attached hydrogen (secondary N) is 1. The van der Waals surface area contributed by atoms with Gasteiger partial charge in [-0.15, -0.1) is 11.8 Å². The van der Waals surface area contributed by atoms with Crippen molar-refractivity contribution >= 4 is 11.8 Å². The maximum absolute atomic E-state index is 13.3. The molecule has 0 heterocycles. The van der Waals surface area contributed by atoms with Crippen LogP contribution in [0.3, 0.4) is 0 Å². The molecule has 1 rings (SSSR count). The minimum absolute atomic E-state index is 0.0380. The second kappa shape index (κ2) is 7.63. The van der Waals surface area contributed by atoms with E-state index in [1.54, 1.807) is 0 Å². The summed E-state index contributed by atoms with van der Waals surface area (Å²) in [5.74, 6) is -0.410. The molecule has 0 spiro atoms. The molecule has 0 bridgehead atoms. The zero-order valence-electron chi connectivity index (χ0n) is 9.75. The van der Waals surface area contributed by atoms with Crippen molar-refractivity contribution in [3.05, 3.63) is 29.8 Å². The van der Waals surface area contributed by atoms with E-state index in [1.165, 1.54) is 23.9 Å². The smallest absolute Gasteiger partial charge is 0.139 e. The number of aliphatic hydroxyl groups excluding tert-OH is 1. The van der Waals surface area contributed by atoms with Crippen LogP contribution in [0.5, 0.6) is 0 Å². The Morgan fingerprint density at radius 2 is 2.18 bits per heavy atom. The van der Waals surface area contributed by atoms with Crippen molar-refractivity contribution in [3.8, 4) is 0 Å². The fourth-order valence-electron chi connectivity index (χ4n) is 1.45. The van der Waals surface area contributed by atoms with Crippen LogP contribution in [-0.4, -0.2) is 30.1 Å². The number of rotatable bonds is 7. The molecule has 2 nitrogen and oxygen atoms in total. The number of likely N-dealkylation sites (N-methyl/N-ethyl adjacent to an activating group) is 1. The Bertz CT molecular complexity index is 349. The van der Waals surface area contributed by atoms with Gasteiger partial charge in [0.25, 0.3) is 0 Å². The average molecular weight is 261 g/mol. The van der Waals surface area contributed by atoms with Crippen LogP contribution in [-0.2, 0) is 0 Å². The van der Waals surface area contributed by atoms with Crippen LogP contribution in [0.1, 0.15) is 13.3 Å². The Balaban J connectivity index is 2.39. The highest BCUT2D eigenvalue weighted by molar-refractivity contribution is 7.99. The van der Waals surface area contributed by atoms with Crippen LogP contribution in [0, 0.1) is 11.6 Å². The van der Waals surface area contributed by atoms with E-state index in [1.807, 2.05) is 6.92 Å². The zero-order chi connectivity index (χ0) is 12.7. The van der Waals surface area contributed by atoms with E-state index in [0.29, 0.717) is 10.6 Å². The van der Waals surface area contributed by atoms with E-state index < -0.39 is 11.6 Å². The fraction of sp³-hybridized carbons (Fsp3) is 0.500. The summed E-state index contributed by atoms with van der Waals surface area (Å²) in [4.78, 5) is 0.444. The molecule has 1 aromatic carbocycles. The monoisotopic (exact) mass is 261 g/mol. The third-order valence-corrected chi connectivity index (χ3v) is 3.41. The number of hydrogen-bond acceptors (Lipinski definition) is 3. The molecule has 96 valence electrons. The average Bonchev–Trinajstić information content (AvgIpc) is 2.30. The normalized spacial score (nSPS) is 12.7. The molecule has 1 unspecified atom stereocenters. The topological polar surface area (TPSA) is 32.3 Å². The molecule has 0 aromatic heterocycles. The minimum Gasteiger partial charge on any atom is -0.395 e. The van der Waals surface area contributed by atoms with Gasteiger partial charge in [-0.3, -0.25) is 0 Å². The van der Waals surface area contributed by atoms with Gasteiger partial charge < -0.3 is 10.4 Å². The Morgan fingerprint density at radius 3 is 2.76 bits per heavy atom. The van der Waals surface area contributed by atoms with E-state index in [4.69, 9.17) is 5.11 Å². The highest BCUT2D eigenvalue weighted by atomic mass is 32.2. The van der Waals surface area contributed by atoms with Crippen LogP contribution in [0.15, 0.2) is 23.1 Å². The summed E-state index contributed by atoms with van der Waals surface area (Å²) < 4.78 is 25.9. The van der Waals surface area contributed by atoms with Gasteiger partial charge in [-0.2, -0.15) is 0 Å². The van der Waals surface area contributed by atoms with Crippen molar-refractivity contribution < 1.29 is 13.9 Å². The van der Waals surface area contributed by atoms with Crippen LogP contribution in [0.25, 0.3) is 0 Å². The molecule has 0 aliphatic heterocycles. The third kappa shape index (κ3) is 5.02. The first-order valence-corrected chi connectivity index (χ1v) is 6.58. The molecule has 0 saturated carbocycles. The Kier molecular flexibility index (Phi) is 6.47. The van der Waals surface area contributed by atoms with Gasteiger partial charge in [-0.25, -0.2) is 8.78 Å². The summed E-state index contributed by atoms with van der Waals surface area (Å²) in [6, 6.07) is 3.61. The number of thioether (sulfide) groups is 1. The lowest BCUT2D eigenvalue weighted by Gasteiger charge is -2.14. The summed E-state index contributed by atoms with van der Waals surface area (Å²) in [6.45, 7) is 2.83. The molecule has 0 amide bonds. The molecule has 0 aliphatic rings. The first kappa shape index (κ1) is 14.4. The van der Waals surface area contributed by atoms with Crippen molar-refractivity contribution in [1.29, 1.82) is 0 Å². The second-order valence-corrected chi connectivity index (χ2v) is 4.79. The van der Waals surface area contributed by atoms with E-state index in [-0.39, 0.29) is 12.6 Å². The predicted octanol–water partition coefficient (Wildman–Crippen LogP) is 2.42. The molecule has 1 aromatic rings. The summed E-state index contributed by atoms with van der Waals surface area (Å²) >= 11 is 1.33. The van der Waals surface area contributed by atoms with Gasteiger partial charge in [0.05, 0.1) is 6.61 Å². The highest BCUT2D eigenvalue weighted by Crippen LogP contribution is 2.23. The Morgan fingerprint density at radius 1 is 1.41 bits per heavy atom. The molecule has 0 fully saturated rings. The predicted molar refractivity (Wildman–Crippen MR) is 66.2 cm³/mol. The van der Waals surface area contributed by atoms with Gasteiger partial charge in [0.1, 0.15) is 11.6 Å². The van der Waals surface area contributed by atoms with Crippen LogP contribution in [0.2, 0.25) is 0 Å². The number of aliphatic hydroxyl groups is 1. The lowest BCUT2D eigenvalue weighted by Crippen LogP contribution is -2.32. The van der Waals surface area contributed by atoms with E-state index in [2.05, 4.69) is 5.32 Å². The quantitative estimate of drug-likeness (QED) is 0.739. The molecular formula is C12H17F2NOS. The van der Waals surface area contributed by atoms with Crippen LogP contribution >= 0.6 is 11.8 Å². The molecule has 17 heavy (non-hydrogen) atoms. The van der Waals surface area contributed by atoms with Crippen molar-refractivity contribution in [2.75, 3.05) is 18.9 Å². The van der Waals surface area contributed by atoms with Gasteiger partial charge in [0.2, 0.25) is 0 Å². The summed E-state index contributed by atoms with van der Waals surface area (Å²) in [7, 11) is 0. The lowest BCUT2D eigenvalue weighted by molar-refractivity contribution is 0.242. The highest BCUT2D eigenvalue weighted by Gasteiger charge is 2.08. The second-order valence-electron chi connectivity index (χ2n) is 3.65. The van der Waals surface area contributed by atoms with Crippen LogP contribution < -0.4 is 5.32 Å². The molecule has 0 radical (unpaired) electrons. The maximum atomic E-state index is 13.3. The van der Waals surface area contributed by atoms with Gasteiger partial charge in [0, 0.05) is 17.0 Å². The van der Waals surface area contributed by atoms with E-state index in [0.717, 1.165) is 19.0 Å². The molecule has 0 saturated heterocycles. The van der Waals surface area contributed by atoms with E-state index in [9.17, 15) is 8.78 Å². The van der Waals surface area contributed by atoms with Crippen molar-refractivity contribution in [1.82, 2.24) is 5.32 Å². The number of benzene rings is 1. The van der Waals surface area contributed by atoms with Gasteiger partial charge in [-0.1, -0.05) is 6.92 Å². The van der Waals surface area contributed by atoms with Gasteiger partial charge >= 0.3 is 0 Å². The van der Waals surface area contributed by atoms with Crippen molar-refractivity contribution in [2.45, 2.75) is 24.3 Å². The number of halogens is 2. The maximum Gasteiger partial charge on any atom is 0.139 e. The standard InChI is InChI=1S/C12H17F2NOS/c1-2-15-10(8-16)5-6-17-12-4-3-9(13)7-11(12)14/h3-4,7,10,15-16H,2,5-6,8H2,1H3. The Hall–Kier alpha value is -0.650. The zero-order valence-corrected chi connectivity index (χ0v) is 10.6. The summed E-state index contributed by atoms with van der Waals surface area (Å²) in [5, 5.41) is 12.2. The number of hydrogen-bond donors (Lipinski definition) is 2. The molecule has 0 aliphatic carbocycles. The molecule has 2 N–H and O–H groups in total.